The molecule has 1 aromatic carbocycles. The minimum absolute atomic E-state index is 0.0345. The number of benzene rings is 1. The van der Waals surface area contributed by atoms with Crippen molar-refractivity contribution in [1.29, 1.82) is 0 Å². The number of nitrogens with one attached hydrogen (secondary N) is 1. The average Bonchev–Trinajstić information content (AvgIpc) is 3.11. The van der Waals surface area contributed by atoms with Gasteiger partial charge in [0.25, 0.3) is 0 Å². The van der Waals surface area contributed by atoms with E-state index in [1.165, 1.54) is 22.6 Å². The molecular formula is C18H19Cl2N5O3S2. The number of rotatable bonds is 8. The molecule has 0 bridgehead atoms. The molecular weight excluding hydrogens is 469 g/mol. The third kappa shape index (κ3) is 4.89. The topological polar surface area (TPSA) is 96.7 Å². The van der Waals surface area contributed by atoms with Crippen molar-refractivity contribution in [3.63, 3.8) is 0 Å². The number of carbonyl (C=O) groups is 1. The van der Waals surface area contributed by atoms with E-state index in [9.17, 15) is 13.2 Å². The monoisotopic (exact) mass is 487 g/mol. The molecule has 2 heterocycles. The van der Waals surface area contributed by atoms with Gasteiger partial charge in [0.15, 0.2) is 10.8 Å². The number of hydrogen-bond acceptors (Lipinski definition) is 6. The standard InChI is InChI=1S/C18H19Cl2N5O3S2/c1-3-24(4-2)30(27,28)13-6-8-16-22-23-18(25(16)10-13)29-11-17(26)21-15-7-5-12(19)9-14(15)20/h5-10H,3-4,11H2,1-2H3,(H,21,26). The van der Waals surface area contributed by atoms with E-state index in [1.807, 2.05) is 0 Å². The van der Waals surface area contributed by atoms with Gasteiger partial charge in [-0.2, -0.15) is 4.31 Å². The van der Waals surface area contributed by atoms with Crippen molar-refractivity contribution < 1.29 is 13.2 Å². The summed E-state index contributed by atoms with van der Waals surface area (Å²) in [6.45, 7) is 4.30. The Morgan fingerprint density at radius 3 is 2.57 bits per heavy atom. The number of fused-ring (bicyclic) bond motifs is 1. The SMILES string of the molecule is CCN(CC)S(=O)(=O)c1ccc2nnc(SCC(=O)Nc3ccc(Cl)cc3Cl)n2c1. The van der Waals surface area contributed by atoms with Gasteiger partial charge < -0.3 is 5.32 Å². The minimum atomic E-state index is -3.62. The van der Waals surface area contributed by atoms with Crippen LogP contribution in [0.5, 0.6) is 0 Å². The summed E-state index contributed by atoms with van der Waals surface area (Å²) in [6, 6.07) is 7.86. The zero-order chi connectivity index (χ0) is 21.9. The first-order chi connectivity index (χ1) is 14.3. The highest BCUT2D eigenvalue weighted by atomic mass is 35.5. The van der Waals surface area contributed by atoms with Crippen molar-refractivity contribution in [3.05, 3.63) is 46.6 Å². The van der Waals surface area contributed by atoms with Crippen molar-refractivity contribution in [1.82, 2.24) is 18.9 Å². The molecule has 0 spiro atoms. The molecule has 2 aromatic heterocycles. The Kier molecular flexibility index (Phi) is 7.25. The molecule has 0 aliphatic carbocycles. The van der Waals surface area contributed by atoms with Crippen LogP contribution in [0.2, 0.25) is 10.0 Å². The van der Waals surface area contributed by atoms with Gasteiger partial charge in [-0.1, -0.05) is 48.8 Å². The van der Waals surface area contributed by atoms with E-state index >= 15 is 0 Å². The molecule has 12 heteroatoms. The fraction of sp³-hybridized carbons (Fsp3) is 0.278. The number of halogens is 2. The molecule has 30 heavy (non-hydrogen) atoms. The first kappa shape index (κ1) is 22.8. The van der Waals surface area contributed by atoms with Crippen LogP contribution in [0.25, 0.3) is 5.65 Å². The van der Waals surface area contributed by atoms with E-state index in [4.69, 9.17) is 23.2 Å². The first-order valence-corrected chi connectivity index (χ1v) is 12.2. The molecule has 8 nitrogen and oxygen atoms in total. The molecule has 0 unspecified atom stereocenters. The number of nitrogens with zero attached hydrogens (tertiary/aromatic N) is 4. The molecule has 0 radical (unpaired) electrons. The van der Waals surface area contributed by atoms with E-state index in [0.717, 1.165) is 11.8 Å². The number of carbonyl (C=O) groups excluding carboxylic acids is 1. The second kappa shape index (κ2) is 9.52. The normalized spacial score (nSPS) is 11.9. The van der Waals surface area contributed by atoms with Gasteiger partial charge in [-0.3, -0.25) is 9.20 Å². The summed E-state index contributed by atoms with van der Waals surface area (Å²) in [4.78, 5) is 12.4. The van der Waals surface area contributed by atoms with Gasteiger partial charge in [0.05, 0.1) is 21.4 Å². The van der Waals surface area contributed by atoms with Crippen molar-refractivity contribution >= 4 is 62.2 Å². The summed E-state index contributed by atoms with van der Waals surface area (Å²) >= 11 is 13.1. The quantitative estimate of drug-likeness (QED) is 0.485. The van der Waals surface area contributed by atoms with Crippen LogP contribution in [0.15, 0.2) is 46.6 Å². The highest BCUT2D eigenvalue weighted by Crippen LogP contribution is 2.26. The van der Waals surface area contributed by atoms with Gasteiger partial charge in [0, 0.05) is 24.3 Å². The lowest BCUT2D eigenvalue weighted by atomic mass is 10.3. The molecule has 0 aliphatic heterocycles. The predicted molar refractivity (Wildman–Crippen MR) is 119 cm³/mol. The molecule has 3 rings (SSSR count). The lowest BCUT2D eigenvalue weighted by molar-refractivity contribution is -0.113. The third-order valence-electron chi connectivity index (χ3n) is 4.22. The van der Waals surface area contributed by atoms with Gasteiger partial charge in [0.1, 0.15) is 0 Å². The molecule has 0 fully saturated rings. The number of hydrogen-bond donors (Lipinski definition) is 1. The van der Waals surface area contributed by atoms with Gasteiger partial charge in [0.2, 0.25) is 15.9 Å². The van der Waals surface area contributed by atoms with E-state index in [2.05, 4.69) is 15.5 Å². The van der Waals surface area contributed by atoms with Gasteiger partial charge >= 0.3 is 0 Å². The van der Waals surface area contributed by atoms with Crippen LogP contribution >= 0.6 is 35.0 Å². The molecule has 1 N–H and O–H groups in total. The van der Waals surface area contributed by atoms with E-state index in [0.29, 0.717) is 39.6 Å². The second-order valence-electron chi connectivity index (χ2n) is 6.13. The number of sulfonamides is 1. The highest BCUT2D eigenvalue weighted by molar-refractivity contribution is 7.99. The maximum absolute atomic E-state index is 12.8. The Bertz CT molecular complexity index is 1180. The van der Waals surface area contributed by atoms with Gasteiger partial charge in [-0.15, -0.1) is 10.2 Å². The van der Waals surface area contributed by atoms with Crippen LogP contribution < -0.4 is 5.32 Å². The maximum atomic E-state index is 12.8. The van der Waals surface area contributed by atoms with Crippen LogP contribution in [0, 0.1) is 0 Å². The Morgan fingerprint density at radius 2 is 1.90 bits per heavy atom. The lowest BCUT2D eigenvalue weighted by Gasteiger charge is -2.18. The number of pyridine rings is 1. The molecule has 0 atom stereocenters. The summed E-state index contributed by atoms with van der Waals surface area (Å²) in [6.07, 6.45) is 1.47. The number of thioether (sulfide) groups is 1. The summed E-state index contributed by atoms with van der Waals surface area (Å²) in [5.74, 6) is -0.264. The Labute approximate surface area is 188 Å². The Morgan fingerprint density at radius 1 is 1.17 bits per heavy atom. The van der Waals surface area contributed by atoms with Gasteiger partial charge in [-0.25, -0.2) is 8.42 Å². The summed E-state index contributed by atoms with van der Waals surface area (Å²) in [7, 11) is -3.62. The zero-order valence-corrected chi connectivity index (χ0v) is 19.3. The van der Waals surface area contributed by atoms with Crippen molar-refractivity contribution in [3.8, 4) is 0 Å². The summed E-state index contributed by atoms with van der Waals surface area (Å²) in [5, 5.41) is 12.0. The smallest absolute Gasteiger partial charge is 0.244 e. The summed E-state index contributed by atoms with van der Waals surface area (Å²) in [5.41, 5.74) is 0.933. The first-order valence-electron chi connectivity index (χ1n) is 8.99. The highest BCUT2D eigenvalue weighted by Gasteiger charge is 2.23. The summed E-state index contributed by atoms with van der Waals surface area (Å²) < 4.78 is 28.5. The number of anilines is 1. The van der Waals surface area contributed by atoms with Gasteiger partial charge in [-0.05, 0) is 30.3 Å². The van der Waals surface area contributed by atoms with Crippen molar-refractivity contribution in [2.24, 2.45) is 0 Å². The maximum Gasteiger partial charge on any atom is 0.244 e. The van der Waals surface area contributed by atoms with E-state index < -0.39 is 10.0 Å². The van der Waals surface area contributed by atoms with Crippen LogP contribution in [0.1, 0.15) is 13.8 Å². The molecule has 160 valence electrons. The predicted octanol–water partition coefficient (Wildman–Crippen LogP) is 3.80. The largest absolute Gasteiger partial charge is 0.324 e. The fourth-order valence-electron chi connectivity index (χ4n) is 2.72. The lowest BCUT2D eigenvalue weighted by Crippen LogP contribution is -2.30. The van der Waals surface area contributed by atoms with Crippen molar-refractivity contribution in [2.45, 2.75) is 23.9 Å². The van der Waals surface area contributed by atoms with E-state index in [-0.39, 0.29) is 16.6 Å². The Hall–Kier alpha value is -1.85. The average molecular weight is 488 g/mol. The van der Waals surface area contributed by atoms with Crippen LogP contribution in [-0.4, -0.2) is 52.1 Å². The molecule has 0 aliphatic rings. The fourth-order valence-corrected chi connectivity index (χ4v) is 5.35. The number of amides is 1. The van der Waals surface area contributed by atoms with Crippen LogP contribution in [0.4, 0.5) is 5.69 Å². The molecule has 1 amide bonds. The molecule has 3 aromatic rings. The molecule has 0 saturated heterocycles. The van der Waals surface area contributed by atoms with Crippen LogP contribution in [-0.2, 0) is 14.8 Å². The van der Waals surface area contributed by atoms with E-state index in [1.54, 1.807) is 36.4 Å². The zero-order valence-electron chi connectivity index (χ0n) is 16.2. The number of aromatic nitrogens is 3. The second-order valence-corrected chi connectivity index (χ2v) is 9.85. The third-order valence-corrected chi connectivity index (χ3v) is 7.75. The van der Waals surface area contributed by atoms with Crippen molar-refractivity contribution in [2.75, 3.05) is 24.2 Å². The Balaban J connectivity index is 1.77. The van der Waals surface area contributed by atoms with Crippen LogP contribution in [0.3, 0.4) is 0 Å². The minimum Gasteiger partial charge on any atom is -0.324 e. The molecule has 0 saturated carbocycles.